The van der Waals surface area contributed by atoms with Crippen molar-refractivity contribution in [2.24, 2.45) is 39.7 Å². The van der Waals surface area contributed by atoms with Gasteiger partial charge in [-0.2, -0.15) is 0 Å². The fraction of sp³-hybridized carbons (Fsp3) is 0.815. The second kappa shape index (κ2) is 9.63. The van der Waals surface area contributed by atoms with Gasteiger partial charge >= 0.3 is 5.97 Å². The molecule has 34 heavy (non-hydrogen) atoms. The molecule has 0 radical (unpaired) electrons. The molecule has 0 aromatic carbocycles. The summed E-state index contributed by atoms with van der Waals surface area (Å²) < 4.78 is 0. The zero-order chi connectivity index (χ0) is 24.7. The molecule has 3 saturated carbocycles. The zero-order valence-corrected chi connectivity index (χ0v) is 21.2. The van der Waals surface area contributed by atoms with E-state index in [1.165, 1.54) is 18.4 Å². The molecule has 0 spiro atoms. The molecule has 7 atom stereocenters. The van der Waals surface area contributed by atoms with Crippen LogP contribution in [0.3, 0.4) is 0 Å². The summed E-state index contributed by atoms with van der Waals surface area (Å²) in [4.78, 5) is 28.8. The van der Waals surface area contributed by atoms with Gasteiger partial charge in [0.05, 0.1) is 11.8 Å². The summed E-state index contributed by atoms with van der Waals surface area (Å²) in [5.74, 6) is 0.674. The van der Waals surface area contributed by atoms with Crippen LogP contribution in [0, 0.1) is 34.5 Å². The maximum atomic E-state index is 12.2. The van der Waals surface area contributed by atoms with Crippen LogP contribution in [0.2, 0.25) is 0 Å². The SMILES string of the molecule is CC(C)C[C@H](NC(=O)CO/N=C1\C=C2CC[C@H]3[C@@H]4CC[C@H](O)[C@@]4(C)CC[C@@H]3[C@@]2(C)CC1)C(=O)O. The number of rotatable bonds is 7. The monoisotopic (exact) mass is 474 g/mol. The average Bonchev–Trinajstić information content (AvgIpc) is 3.07. The lowest BCUT2D eigenvalue weighted by atomic mass is 9.47. The summed E-state index contributed by atoms with van der Waals surface area (Å²) >= 11 is 0. The van der Waals surface area contributed by atoms with E-state index in [4.69, 9.17) is 4.84 Å². The molecule has 0 heterocycles. The van der Waals surface area contributed by atoms with Crippen molar-refractivity contribution < 1.29 is 24.6 Å². The van der Waals surface area contributed by atoms with Crippen LogP contribution in [0.25, 0.3) is 0 Å². The lowest BCUT2D eigenvalue weighted by Crippen LogP contribution is -2.51. The van der Waals surface area contributed by atoms with E-state index in [9.17, 15) is 19.8 Å². The Morgan fingerprint density at radius 1 is 1.15 bits per heavy atom. The van der Waals surface area contributed by atoms with Crippen molar-refractivity contribution in [3.8, 4) is 0 Å². The van der Waals surface area contributed by atoms with Crippen LogP contribution in [0.4, 0.5) is 0 Å². The molecular weight excluding hydrogens is 432 g/mol. The number of aliphatic carboxylic acids is 1. The number of aliphatic hydroxyl groups is 1. The molecule has 3 fully saturated rings. The summed E-state index contributed by atoms with van der Waals surface area (Å²) in [5.41, 5.74) is 2.60. The van der Waals surface area contributed by atoms with E-state index < -0.39 is 17.9 Å². The minimum absolute atomic E-state index is 0.100. The summed E-state index contributed by atoms with van der Waals surface area (Å²) in [5, 5.41) is 26.7. The van der Waals surface area contributed by atoms with Crippen molar-refractivity contribution in [2.75, 3.05) is 6.61 Å². The van der Waals surface area contributed by atoms with Gasteiger partial charge in [-0.25, -0.2) is 4.79 Å². The van der Waals surface area contributed by atoms with Gasteiger partial charge in [0, 0.05) is 0 Å². The highest BCUT2D eigenvalue weighted by atomic mass is 16.6. The highest BCUT2D eigenvalue weighted by Crippen LogP contribution is 2.65. The molecule has 0 saturated heterocycles. The predicted octanol–water partition coefficient (Wildman–Crippen LogP) is 4.30. The number of carboxylic acids is 1. The zero-order valence-electron chi connectivity index (χ0n) is 21.2. The largest absolute Gasteiger partial charge is 0.480 e. The smallest absolute Gasteiger partial charge is 0.326 e. The molecule has 4 aliphatic carbocycles. The Labute approximate surface area is 203 Å². The lowest BCUT2D eigenvalue weighted by Gasteiger charge is -2.57. The molecular formula is C27H42N2O5. The quantitative estimate of drug-likeness (QED) is 0.477. The highest BCUT2D eigenvalue weighted by Gasteiger charge is 2.58. The molecule has 4 aliphatic rings. The number of carboxylic acid groups (broad SMARTS) is 1. The fourth-order valence-corrected chi connectivity index (χ4v) is 7.72. The standard InChI is InChI=1S/C27H42N2O5/c1-16(2)13-22(25(32)33)28-24(31)15-34-29-18-9-11-26(3)17(14-18)5-6-19-20-7-8-23(30)27(20,4)12-10-21(19)26/h14,16,19-23,30H,5-13,15H2,1-4H3,(H,28,31)(H,32,33)/b29-18-/t19-,20-,21-,22-,23-,26-,27-/m0/s1. The Balaban J connectivity index is 1.37. The Kier molecular flexibility index (Phi) is 7.14. The van der Waals surface area contributed by atoms with Crippen LogP contribution in [0.15, 0.2) is 16.8 Å². The van der Waals surface area contributed by atoms with Gasteiger partial charge < -0.3 is 20.4 Å². The minimum atomic E-state index is -1.03. The summed E-state index contributed by atoms with van der Waals surface area (Å²) in [6.07, 6.45) is 11.0. The maximum absolute atomic E-state index is 12.2. The van der Waals surface area contributed by atoms with Gasteiger partial charge in [0.15, 0.2) is 6.61 Å². The first-order valence-electron chi connectivity index (χ1n) is 13.1. The predicted molar refractivity (Wildman–Crippen MR) is 130 cm³/mol. The number of amides is 1. The van der Waals surface area contributed by atoms with Crippen molar-refractivity contribution in [1.29, 1.82) is 0 Å². The van der Waals surface area contributed by atoms with Crippen LogP contribution in [0.5, 0.6) is 0 Å². The topological polar surface area (TPSA) is 108 Å². The number of nitrogens with one attached hydrogen (secondary N) is 1. The molecule has 7 nitrogen and oxygen atoms in total. The molecule has 7 heteroatoms. The minimum Gasteiger partial charge on any atom is -0.480 e. The number of allylic oxidation sites excluding steroid dienone is 2. The molecule has 0 unspecified atom stereocenters. The molecule has 0 aromatic rings. The van der Waals surface area contributed by atoms with Crippen molar-refractivity contribution in [2.45, 2.75) is 97.6 Å². The first-order chi connectivity index (χ1) is 16.0. The van der Waals surface area contributed by atoms with Gasteiger partial charge in [-0.15, -0.1) is 0 Å². The second-order valence-corrected chi connectivity index (χ2v) is 12.1. The van der Waals surface area contributed by atoms with E-state index in [1.54, 1.807) is 0 Å². The number of nitrogens with zero attached hydrogens (tertiary/aromatic N) is 1. The number of hydrogen-bond donors (Lipinski definition) is 3. The van der Waals surface area contributed by atoms with Crippen molar-refractivity contribution in [3.63, 3.8) is 0 Å². The van der Waals surface area contributed by atoms with Gasteiger partial charge in [0.1, 0.15) is 6.04 Å². The van der Waals surface area contributed by atoms with Gasteiger partial charge in [-0.1, -0.05) is 38.4 Å². The van der Waals surface area contributed by atoms with Gasteiger partial charge in [-0.05, 0) is 98.4 Å². The third-order valence-electron chi connectivity index (χ3n) is 9.65. The van der Waals surface area contributed by atoms with Gasteiger partial charge in [0.2, 0.25) is 0 Å². The fourth-order valence-electron chi connectivity index (χ4n) is 7.72. The van der Waals surface area contributed by atoms with Gasteiger partial charge in [0.25, 0.3) is 5.91 Å². The van der Waals surface area contributed by atoms with Crippen LogP contribution < -0.4 is 5.32 Å². The van der Waals surface area contributed by atoms with Crippen molar-refractivity contribution in [1.82, 2.24) is 5.32 Å². The number of carbonyl (C=O) groups excluding carboxylic acids is 1. The normalized spacial score (nSPS) is 39.0. The van der Waals surface area contributed by atoms with E-state index in [0.717, 1.165) is 44.2 Å². The van der Waals surface area contributed by atoms with E-state index in [2.05, 4.69) is 30.4 Å². The van der Waals surface area contributed by atoms with Gasteiger partial charge in [-0.3, -0.25) is 4.79 Å². The third kappa shape index (κ3) is 4.65. The number of hydrogen-bond acceptors (Lipinski definition) is 5. The summed E-state index contributed by atoms with van der Waals surface area (Å²) in [6.45, 7) is 8.31. The lowest BCUT2D eigenvalue weighted by molar-refractivity contribution is -0.143. The van der Waals surface area contributed by atoms with Crippen LogP contribution >= 0.6 is 0 Å². The van der Waals surface area contributed by atoms with Crippen LogP contribution in [-0.2, 0) is 14.4 Å². The maximum Gasteiger partial charge on any atom is 0.326 e. The first-order valence-corrected chi connectivity index (χ1v) is 13.1. The molecule has 190 valence electrons. The van der Waals surface area contributed by atoms with E-state index in [0.29, 0.717) is 24.2 Å². The number of oxime groups is 1. The number of fused-ring (bicyclic) bond motifs is 5. The molecule has 4 rings (SSSR count). The Morgan fingerprint density at radius 2 is 1.91 bits per heavy atom. The number of aliphatic hydroxyl groups excluding tert-OH is 1. The Bertz CT molecular complexity index is 867. The number of carbonyl (C=O) groups is 2. The second-order valence-electron chi connectivity index (χ2n) is 12.1. The Hall–Kier alpha value is -1.89. The molecule has 0 bridgehead atoms. The van der Waals surface area contributed by atoms with Crippen molar-refractivity contribution in [3.05, 3.63) is 11.6 Å². The first kappa shape index (κ1) is 25.2. The summed E-state index contributed by atoms with van der Waals surface area (Å²) in [7, 11) is 0. The third-order valence-corrected chi connectivity index (χ3v) is 9.65. The van der Waals surface area contributed by atoms with E-state index in [1.807, 2.05) is 13.8 Å². The molecule has 3 N–H and O–H groups in total. The molecule has 1 amide bonds. The Morgan fingerprint density at radius 3 is 2.62 bits per heavy atom. The van der Waals surface area contributed by atoms with Crippen LogP contribution in [0.1, 0.15) is 85.5 Å². The molecule has 0 aliphatic heterocycles. The van der Waals surface area contributed by atoms with Crippen LogP contribution in [-0.4, -0.2) is 46.6 Å². The summed E-state index contributed by atoms with van der Waals surface area (Å²) in [6, 6.07) is -0.908. The van der Waals surface area contributed by atoms with Crippen molar-refractivity contribution >= 4 is 17.6 Å². The van der Waals surface area contributed by atoms with E-state index >= 15 is 0 Å². The highest BCUT2D eigenvalue weighted by molar-refractivity contribution is 5.96. The average molecular weight is 475 g/mol. The van der Waals surface area contributed by atoms with E-state index in [-0.39, 0.29) is 29.5 Å². The molecule has 0 aromatic heterocycles.